The summed E-state index contributed by atoms with van der Waals surface area (Å²) in [4.78, 5) is 25.5. The van der Waals surface area contributed by atoms with E-state index in [1.807, 2.05) is 30.3 Å². The van der Waals surface area contributed by atoms with E-state index in [9.17, 15) is 9.59 Å². The predicted molar refractivity (Wildman–Crippen MR) is 87.4 cm³/mol. The number of fused-ring (bicyclic) bond motifs is 1. The number of carbonyl (C=O) groups is 2. The number of halogens is 1. The Morgan fingerprint density at radius 1 is 0.952 bits per heavy atom. The number of anilines is 1. The lowest BCUT2D eigenvalue weighted by atomic mass is 9.95. The maximum absolute atomic E-state index is 12.1. The van der Waals surface area contributed by atoms with Crippen molar-refractivity contribution in [1.29, 1.82) is 0 Å². The highest BCUT2D eigenvalue weighted by molar-refractivity contribution is 9.10. The van der Waals surface area contributed by atoms with E-state index in [0.29, 0.717) is 5.69 Å². The first-order valence-electron chi connectivity index (χ1n) is 6.78. The highest BCUT2D eigenvalue weighted by atomic mass is 79.9. The van der Waals surface area contributed by atoms with Gasteiger partial charge in [-0.2, -0.15) is 0 Å². The highest BCUT2D eigenvalue weighted by Crippen LogP contribution is 2.38. The topological polar surface area (TPSA) is 37.4 Å². The number of amides is 2. The number of hydrogen-bond acceptors (Lipinski definition) is 2. The van der Waals surface area contributed by atoms with Crippen LogP contribution in [0.4, 0.5) is 5.69 Å². The zero-order valence-corrected chi connectivity index (χ0v) is 13.3. The van der Waals surface area contributed by atoms with Gasteiger partial charge in [-0.25, -0.2) is 4.90 Å². The second-order valence-electron chi connectivity index (χ2n) is 5.34. The SMILES string of the molecule is CC(C)c1ccc2c(Br)cccc2c1N1C(=O)C=CC1=O. The molecule has 0 fully saturated rings. The Morgan fingerprint density at radius 2 is 1.62 bits per heavy atom. The van der Waals surface area contributed by atoms with Crippen LogP contribution in [0.1, 0.15) is 25.3 Å². The molecule has 21 heavy (non-hydrogen) atoms. The van der Waals surface area contributed by atoms with Crippen LogP contribution in [0.5, 0.6) is 0 Å². The number of hydrogen-bond donors (Lipinski definition) is 0. The Bertz CT molecular complexity index is 775. The third-order valence-corrected chi connectivity index (χ3v) is 4.36. The van der Waals surface area contributed by atoms with E-state index >= 15 is 0 Å². The summed E-state index contributed by atoms with van der Waals surface area (Å²) in [5, 5.41) is 1.89. The molecule has 2 amide bonds. The van der Waals surface area contributed by atoms with Gasteiger partial charge in [-0.3, -0.25) is 9.59 Å². The van der Waals surface area contributed by atoms with Gasteiger partial charge in [0.2, 0.25) is 0 Å². The molecule has 0 saturated carbocycles. The zero-order chi connectivity index (χ0) is 15.1. The monoisotopic (exact) mass is 343 g/mol. The van der Waals surface area contributed by atoms with E-state index in [1.165, 1.54) is 17.1 Å². The Labute approximate surface area is 131 Å². The van der Waals surface area contributed by atoms with Gasteiger partial charge in [-0.1, -0.05) is 54.0 Å². The standard InChI is InChI=1S/C17H14BrNO2/c1-10(2)11-6-7-12-13(4-3-5-14(12)18)17(11)19-15(20)8-9-16(19)21/h3-10H,1-2H3. The van der Waals surface area contributed by atoms with E-state index in [1.54, 1.807) is 0 Å². The molecule has 0 bridgehead atoms. The molecule has 0 unspecified atom stereocenters. The van der Waals surface area contributed by atoms with Crippen LogP contribution in [0, 0.1) is 0 Å². The van der Waals surface area contributed by atoms with Gasteiger partial charge in [-0.05, 0) is 22.9 Å². The molecule has 1 heterocycles. The fourth-order valence-corrected chi connectivity index (χ4v) is 3.15. The third-order valence-electron chi connectivity index (χ3n) is 3.67. The number of benzene rings is 2. The zero-order valence-electron chi connectivity index (χ0n) is 11.8. The van der Waals surface area contributed by atoms with Crippen molar-refractivity contribution >= 4 is 44.2 Å². The summed E-state index contributed by atoms with van der Waals surface area (Å²) in [6, 6.07) is 9.83. The van der Waals surface area contributed by atoms with Crippen molar-refractivity contribution in [2.75, 3.05) is 4.90 Å². The lowest BCUT2D eigenvalue weighted by Crippen LogP contribution is -2.31. The van der Waals surface area contributed by atoms with Gasteiger partial charge in [0, 0.05) is 22.0 Å². The molecule has 0 aliphatic carbocycles. The van der Waals surface area contributed by atoms with Crippen LogP contribution in [-0.4, -0.2) is 11.8 Å². The summed E-state index contributed by atoms with van der Waals surface area (Å²) in [6.45, 7) is 4.11. The molecule has 0 spiro atoms. The summed E-state index contributed by atoms with van der Waals surface area (Å²) < 4.78 is 0.948. The minimum Gasteiger partial charge on any atom is -0.269 e. The first-order valence-corrected chi connectivity index (χ1v) is 7.57. The van der Waals surface area contributed by atoms with Crippen molar-refractivity contribution in [2.45, 2.75) is 19.8 Å². The average Bonchev–Trinajstić information content (AvgIpc) is 2.77. The van der Waals surface area contributed by atoms with Gasteiger partial charge >= 0.3 is 0 Å². The summed E-state index contributed by atoms with van der Waals surface area (Å²) in [5.41, 5.74) is 1.69. The molecule has 2 aromatic carbocycles. The molecule has 2 aromatic rings. The van der Waals surface area contributed by atoms with Crippen LogP contribution < -0.4 is 4.90 Å². The Hall–Kier alpha value is -1.94. The van der Waals surface area contributed by atoms with Gasteiger partial charge < -0.3 is 0 Å². The number of carbonyl (C=O) groups excluding carboxylic acids is 2. The molecular formula is C17H14BrNO2. The van der Waals surface area contributed by atoms with Gasteiger partial charge in [0.15, 0.2) is 0 Å². The van der Waals surface area contributed by atoms with Crippen molar-refractivity contribution in [1.82, 2.24) is 0 Å². The second-order valence-corrected chi connectivity index (χ2v) is 6.19. The first kappa shape index (κ1) is 14.0. The van der Waals surface area contributed by atoms with Crippen LogP contribution in [-0.2, 0) is 9.59 Å². The summed E-state index contributed by atoms with van der Waals surface area (Å²) >= 11 is 3.53. The van der Waals surface area contributed by atoms with Gasteiger partial charge in [0.05, 0.1) is 5.69 Å². The van der Waals surface area contributed by atoms with Crippen molar-refractivity contribution in [2.24, 2.45) is 0 Å². The van der Waals surface area contributed by atoms with E-state index < -0.39 is 0 Å². The van der Waals surface area contributed by atoms with Crippen molar-refractivity contribution in [3.05, 3.63) is 52.5 Å². The van der Waals surface area contributed by atoms with E-state index in [4.69, 9.17) is 0 Å². The molecule has 1 aliphatic rings. The fourth-order valence-electron chi connectivity index (χ4n) is 2.66. The second kappa shape index (κ2) is 5.11. The van der Waals surface area contributed by atoms with Crippen LogP contribution in [0.2, 0.25) is 0 Å². The Balaban J connectivity index is 2.37. The minimum atomic E-state index is -0.283. The smallest absolute Gasteiger partial charge is 0.258 e. The Morgan fingerprint density at radius 3 is 2.24 bits per heavy atom. The van der Waals surface area contributed by atoms with E-state index in [2.05, 4.69) is 29.8 Å². The predicted octanol–water partition coefficient (Wildman–Crippen LogP) is 4.16. The fraction of sp³-hybridized carbons (Fsp3) is 0.176. The van der Waals surface area contributed by atoms with Gasteiger partial charge in [0.1, 0.15) is 0 Å². The molecule has 4 heteroatoms. The molecule has 0 atom stereocenters. The van der Waals surface area contributed by atoms with Crippen LogP contribution in [0.3, 0.4) is 0 Å². The lowest BCUT2D eigenvalue weighted by Gasteiger charge is -2.22. The summed E-state index contributed by atoms with van der Waals surface area (Å²) in [6.07, 6.45) is 2.65. The van der Waals surface area contributed by atoms with Gasteiger partial charge in [-0.15, -0.1) is 0 Å². The van der Waals surface area contributed by atoms with Crippen molar-refractivity contribution < 1.29 is 9.59 Å². The summed E-state index contributed by atoms with van der Waals surface area (Å²) in [7, 11) is 0. The molecule has 0 saturated heterocycles. The molecule has 1 aliphatic heterocycles. The normalized spacial score (nSPS) is 14.8. The molecule has 3 nitrogen and oxygen atoms in total. The van der Waals surface area contributed by atoms with E-state index in [-0.39, 0.29) is 17.7 Å². The lowest BCUT2D eigenvalue weighted by molar-refractivity contribution is -0.119. The Kier molecular flexibility index (Phi) is 3.41. The maximum atomic E-state index is 12.1. The molecular weight excluding hydrogens is 330 g/mol. The summed E-state index contributed by atoms with van der Waals surface area (Å²) in [5.74, 6) is -0.353. The highest BCUT2D eigenvalue weighted by Gasteiger charge is 2.29. The molecule has 0 N–H and O–H groups in total. The number of imide groups is 1. The van der Waals surface area contributed by atoms with Gasteiger partial charge in [0.25, 0.3) is 11.8 Å². The molecule has 0 radical (unpaired) electrons. The molecule has 106 valence electrons. The molecule has 3 rings (SSSR count). The average molecular weight is 344 g/mol. The maximum Gasteiger partial charge on any atom is 0.258 e. The first-order chi connectivity index (χ1) is 10.0. The third kappa shape index (κ3) is 2.20. The van der Waals surface area contributed by atoms with Crippen LogP contribution in [0.25, 0.3) is 10.8 Å². The largest absolute Gasteiger partial charge is 0.269 e. The number of nitrogens with zero attached hydrogens (tertiary/aromatic N) is 1. The van der Waals surface area contributed by atoms with Crippen LogP contribution in [0.15, 0.2) is 47.0 Å². The van der Waals surface area contributed by atoms with Crippen LogP contribution >= 0.6 is 15.9 Å². The minimum absolute atomic E-state index is 0.213. The number of rotatable bonds is 2. The van der Waals surface area contributed by atoms with Crippen molar-refractivity contribution in [3.63, 3.8) is 0 Å². The molecule has 0 aromatic heterocycles. The van der Waals surface area contributed by atoms with Crippen molar-refractivity contribution in [3.8, 4) is 0 Å². The quantitative estimate of drug-likeness (QED) is 0.768. The van der Waals surface area contributed by atoms with E-state index in [0.717, 1.165) is 20.8 Å².